The molecule has 140 valence electrons. The van der Waals surface area contributed by atoms with Gasteiger partial charge in [0.2, 0.25) is 20.0 Å². The van der Waals surface area contributed by atoms with E-state index < -0.39 is 38.6 Å². The number of carbonyl (C=O) groups is 1. The lowest BCUT2D eigenvalue weighted by Gasteiger charge is -2.24. The Hall–Kier alpha value is -1.49. The summed E-state index contributed by atoms with van der Waals surface area (Å²) in [7, 11) is -7.66. The standard InChI is InChI=1S/C15H22N2O6S2/c1-12(2)17(11-15(18)19)25(22,23)14-7-5-13(6-8-14)24(20,21)16-9-3-4-10-16/h5-8,12H,3-4,9-11H2,1-2H3,(H,18,19). The Morgan fingerprint density at radius 2 is 1.56 bits per heavy atom. The number of carboxylic acid groups (broad SMARTS) is 1. The van der Waals surface area contributed by atoms with Crippen LogP contribution in [0.2, 0.25) is 0 Å². The summed E-state index contributed by atoms with van der Waals surface area (Å²) >= 11 is 0. The van der Waals surface area contributed by atoms with Crippen molar-refractivity contribution in [2.45, 2.75) is 42.5 Å². The Morgan fingerprint density at radius 1 is 1.08 bits per heavy atom. The predicted molar refractivity (Wildman–Crippen MR) is 91.1 cm³/mol. The van der Waals surface area contributed by atoms with Crippen LogP contribution in [0.5, 0.6) is 0 Å². The van der Waals surface area contributed by atoms with E-state index in [-0.39, 0.29) is 9.79 Å². The minimum atomic E-state index is -4.03. The first-order valence-electron chi connectivity index (χ1n) is 7.90. The molecule has 0 bridgehead atoms. The number of hydrogen-bond acceptors (Lipinski definition) is 5. The molecule has 0 aliphatic carbocycles. The molecule has 2 rings (SSSR count). The van der Waals surface area contributed by atoms with Gasteiger partial charge >= 0.3 is 5.97 Å². The van der Waals surface area contributed by atoms with Gasteiger partial charge in [0.15, 0.2) is 0 Å². The topological polar surface area (TPSA) is 112 Å². The summed E-state index contributed by atoms with van der Waals surface area (Å²) in [5.74, 6) is -1.26. The van der Waals surface area contributed by atoms with Crippen molar-refractivity contribution in [2.75, 3.05) is 19.6 Å². The van der Waals surface area contributed by atoms with Gasteiger partial charge in [-0.15, -0.1) is 0 Å². The van der Waals surface area contributed by atoms with Gasteiger partial charge in [0.25, 0.3) is 0 Å². The number of hydrogen-bond donors (Lipinski definition) is 1. The lowest BCUT2D eigenvalue weighted by Crippen LogP contribution is -2.40. The first-order chi connectivity index (χ1) is 11.6. The molecular formula is C15H22N2O6S2. The van der Waals surface area contributed by atoms with Gasteiger partial charge in [-0.2, -0.15) is 8.61 Å². The minimum Gasteiger partial charge on any atom is -0.480 e. The smallest absolute Gasteiger partial charge is 0.318 e. The summed E-state index contributed by atoms with van der Waals surface area (Å²) < 4.78 is 52.4. The molecule has 10 heteroatoms. The number of sulfonamides is 2. The molecule has 0 unspecified atom stereocenters. The first kappa shape index (κ1) is 19.8. The maximum atomic E-state index is 12.6. The third kappa shape index (κ3) is 4.20. The average molecular weight is 390 g/mol. The monoisotopic (exact) mass is 390 g/mol. The Bertz CT molecular complexity index is 825. The van der Waals surface area contributed by atoms with Crippen molar-refractivity contribution in [3.8, 4) is 0 Å². The zero-order chi connectivity index (χ0) is 18.8. The molecule has 1 aliphatic rings. The van der Waals surface area contributed by atoms with Gasteiger partial charge < -0.3 is 5.11 Å². The fourth-order valence-electron chi connectivity index (χ4n) is 2.67. The highest BCUT2D eigenvalue weighted by Gasteiger charge is 2.31. The zero-order valence-corrected chi connectivity index (χ0v) is 15.8. The summed E-state index contributed by atoms with van der Waals surface area (Å²) in [5, 5.41) is 8.92. The van der Waals surface area contributed by atoms with Crippen LogP contribution in [-0.4, -0.2) is 62.2 Å². The van der Waals surface area contributed by atoms with E-state index in [1.807, 2.05) is 0 Å². The molecule has 0 spiro atoms. The maximum Gasteiger partial charge on any atom is 0.318 e. The van der Waals surface area contributed by atoms with Crippen LogP contribution < -0.4 is 0 Å². The van der Waals surface area contributed by atoms with Gasteiger partial charge in [0, 0.05) is 19.1 Å². The summed E-state index contributed by atoms with van der Waals surface area (Å²) in [6, 6.07) is 4.36. The molecule has 8 nitrogen and oxygen atoms in total. The number of carboxylic acids is 1. The van der Waals surface area contributed by atoms with E-state index in [1.165, 1.54) is 28.6 Å². The van der Waals surface area contributed by atoms with Crippen LogP contribution >= 0.6 is 0 Å². The minimum absolute atomic E-state index is 0.0303. The molecule has 0 saturated carbocycles. The van der Waals surface area contributed by atoms with E-state index in [0.29, 0.717) is 13.1 Å². The molecular weight excluding hydrogens is 368 g/mol. The molecule has 1 aromatic rings. The second-order valence-corrected chi connectivity index (χ2v) is 9.95. The Kier molecular flexibility index (Phi) is 5.87. The highest BCUT2D eigenvalue weighted by atomic mass is 32.2. The van der Waals surface area contributed by atoms with Crippen molar-refractivity contribution in [1.29, 1.82) is 0 Å². The number of nitrogens with zero attached hydrogens (tertiary/aromatic N) is 2. The number of aliphatic carboxylic acids is 1. The zero-order valence-electron chi connectivity index (χ0n) is 14.1. The van der Waals surface area contributed by atoms with E-state index in [4.69, 9.17) is 5.11 Å². The predicted octanol–water partition coefficient (Wildman–Crippen LogP) is 0.955. The van der Waals surface area contributed by atoms with Crippen molar-refractivity contribution in [3.05, 3.63) is 24.3 Å². The second-order valence-electron chi connectivity index (χ2n) is 6.12. The van der Waals surface area contributed by atoms with Gasteiger partial charge in [-0.25, -0.2) is 16.8 Å². The molecule has 0 radical (unpaired) electrons. The fraction of sp³-hybridized carbons (Fsp3) is 0.533. The molecule has 0 aromatic heterocycles. The Labute approximate surface area is 148 Å². The summed E-state index contributed by atoms with van der Waals surface area (Å²) in [6.07, 6.45) is 1.62. The fourth-order valence-corrected chi connectivity index (χ4v) is 5.78. The molecule has 0 amide bonds. The second kappa shape index (κ2) is 7.40. The van der Waals surface area contributed by atoms with E-state index in [2.05, 4.69) is 0 Å². The largest absolute Gasteiger partial charge is 0.480 e. The van der Waals surface area contributed by atoms with Gasteiger partial charge in [0.1, 0.15) is 6.54 Å². The highest BCUT2D eigenvalue weighted by molar-refractivity contribution is 7.89. The van der Waals surface area contributed by atoms with Gasteiger partial charge in [-0.3, -0.25) is 4.79 Å². The SMILES string of the molecule is CC(C)N(CC(=O)O)S(=O)(=O)c1ccc(S(=O)(=O)N2CCCC2)cc1. The lowest BCUT2D eigenvalue weighted by atomic mass is 10.4. The van der Waals surface area contributed by atoms with Crippen molar-refractivity contribution in [1.82, 2.24) is 8.61 Å². The third-order valence-corrected chi connectivity index (χ3v) is 7.95. The highest BCUT2D eigenvalue weighted by Crippen LogP contribution is 2.24. The van der Waals surface area contributed by atoms with Gasteiger partial charge in [-0.05, 0) is 51.0 Å². The van der Waals surface area contributed by atoms with Crippen LogP contribution in [0, 0.1) is 0 Å². The molecule has 1 fully saturated rings. The van der Waals surface area contributed by atoms with E-state index in [0.717, 1.165) is 17.1 Å². The van der Waals surface area contributed by atoms with Crippen molar-refractivity contribution >= 4 is 26.0 Å². The Morgan fingerprint density at radius 3 is 2.00 bits per heavy atom. The molecule has 1 saturated heterocycles. The van der Waals surface area contributed by atoms with Crippen LogP contribution in [0.15, 0.2) is 34.1 Å². The van der Waals surface area contributed by atoms with Crippen molar-refractivity contribution in [3.63, 3.8) is 0 Å². The van der Waals surface area contributed by atoms with E-state index in [9.17, 15) is 21.6 Å². The quantitative estimate of drug-likeness (QED) is 0.742. The van der Waals surface area contributed by atoms with E-state index in [1.54, 1.807) is 13.8 Å². The number of rotatable bonds is 7. The molecule has 1 N–H and O–H groups in total. The van der Waals surface area contributed by atoms with Gasteiger partial charge in [0.05, 0.1) is 9.79 Å². The van der Waals surface area contributed by atoms with Crippen LogP contribution in [-0.2, 0) is 24.8 Å². The summed E-state index contributed by atoms with van der Waals surface area (Å²) in [5.41, 5.74) is 0. The molecule has 1 heterocycles. The lowest BCUT2D eigenvalue weighted by molar-refractivity contribution is -0.137. The van der Waals surface area contributed by atoms with Crippen LogP contribution in [0.1, 0.15) is 26.7 Å². The maximum absolute atomic E-state index is 12.6. The van der Waals surface area contributed by atoms with Crippen LogP contribution in [0.4, 0.5) is 0 Å². The van der Waals surface area contributed by atoms with E-state index >= 15 is 0 Å². The normalized spacial score (nSPS) is 16.6. The number of benzene rings is 1. The molecule has 1 aliphatic heterocycles. The Balaban J connectivity index is 2.33. The van der Waals surface area contributed by atoms with Crippen LogP contribution in [0.3, 0.4) is 0 Å². The third-order valence-electron chi connectivity index (χ3n) is 4.00. The molecule has 1 aromatic carbocycles. The van der Waals surface area contributed by atoms with Crippen LogP contribution in [0.25, 0.3) is 0 Å². The summed E-state index contributed by atoms with van der Waals surface area (Å²) in [4.78, 5) is 10.8. The molecule has 0 atom stereocenters. The summed E-state index contributed by atoms with van der Waals surface area (Å²) in [6.45, 7) is 3.41. The first-order valence-corrected chi connectivity index (χ1v) is 10.8. The van der Waals surface area contributed by atoms with Crippen molar-refractivity contribution < 1.29 is 26.7 Å². The average Bonchev–Trinajstić information content (AvgIpc) is 3.07. The van der Waals surface area contributed by atoms with Gasteiger partial charge in [-0.1, -0.05) is 0 Å². The molecule has 25 heavy (non-hydrogen) atoms. The van der Waals surface area contributed by atoms with Crippen molar-refractivity contribution in [2.24, 2.45) is 0 Å².